The molecule has 0 spiro atoms. The summed E-state index contributed by atoms with van der Waals surface area (Å²) in [6.45, 7) is 1.05. The van der Waals surface area contributed by atoms with Crippen LogP contribution in [0.25, 0.3) is 0 Å². The molecule has 1 unspecified atom stereocenters. The summed E-state index contributed by atoms with van der Waals surface area (Å²) in [5, 5.41) is 3.34. The van der Waals surface area contributed by atoms with Crippen LogP contribution in [0, 0.1) is 5.92 Å². The minimum Gasteiger partial charge on any atom is -0.496 e. The molecular formula is C15H23NO. The van der Waals surface area contributed by atoms with E-state index in [4.69, 9.17) is 4.74 Å². The van der Waals surface area contributed by atoms with E-state index in [0.717, 1.165) is 18.2 Å². The molecule has 2 rings (SSSR count). The van der Waals surface area contributed by atoms with Gasteiger partial charge in [-0.1, -0.05) is 31.0 Å². The van der Waals surface area contributed by atoms with Crippen LogP contribution in [0.3, 0.4) is 0 Å². The van der Waals surface area contributed by atoms with Crippen molar-refractivity contribution in [3.63, 3.8) is 0 Å². The first-order valence-electron chi connectivity index (χ1n) is 6.64. The van der Waals surface area contributed by atoms with Gasteiger partial charge in [0, 0.05) is 12.5 Å². The van der Waals surface area contributed by atoms with Crippen molar-refractivity contribution >= 4 is 0 Å². The van der Waals surface area contributed by atoms with Gasteiger partial charge in [0.25, 0.3) is 0 Å². The van der Waals surface area contributed by atoms with E-state index in [-0.39, 0.29) is 0 Å². The SMILES string of the molecule is CNCC(c1ccccc1OC)C1CCCC1. The van der Waals surface area contributed by atoms with E-state index in [1.165, 1.54) is 31.2 Å². The van der Waals surface area contributed by atoms with Gasteiger partial charge in [-0.2, -0.15) is 0 Å². The molecule has 0 bridgehead atoms. The van der Waals surface area contributed by atoms with Crippen molar-refractivity contribution in [2.45, 2.75) is 31.6 Å². The first-order valence-corrected chi connectivity index (χ1v) is 6.64. The minimum atomic E-state index is 0.596. The summed E-state index contributed by atoms with van der Waals surface area (Å²) < 4.78 is 5.50. The summed E-state index contributed by atoms with van der Waals surface area (Å²) >= 11 is 0. The van der Waals surface area contributed by atoms with Gasteiger partial charge in [-0.25, -0.2) is 0 Å². The van der Waals surface area contributed by atoms with Crippen LogP contribution >= 0.6 is 0 Å². The molecule has 0 amide bonds. The zero-order valence-corrected chi connectivity index (χ0v) is 10.9. The van der Waals surface area contributed by atoms with Gasteiger partial charge in [0.2, 0.25) is 0 Å². The third kappa shape index (κ3) is 2.81. The Hall–Kier alpha value is -1.02. The van der Waals surface area contributed by atoms with E-state index in [1.807, 2.05) is 13.1 Å². The molecule has 1 fully saturated rings. The van der Waals surface area contributed by atoms with E-state index in [2.05, 4.69) is 23.5 Å². The van der Waals surface area contributed by atoms with Crippen molar-refractivity contribution in [2.75, 3.05) is 20.7 Å². The molecule has 0 radical (unpaired) electrons. The van der Waals surface area contributed by atoms with Crippen molar-refractivity contribution in [1.29, 1.82) is 0 Å². The van der Waals surface area contributed by atoms with Crippen LogP contribution in [0.2, 0.25) is 0 Å². The van der Waals surface area contributed by atoms with Crippen LogP contribution < -0.4 is 10.1 Å². The van der Waals surface area contributed by atoms with Gasteiger partial charge in [-0.3, -0.25) is 0 Å². The number of para-hydroxylation sites is 1. The Morgan fingerprint density at radius 3 is 2.65 bits per heavy atom. The lowest BCUT2D eigenvalue weighted by atomic mass is 9.84. The van der Waals surface area contributed by atoms with Crippen LogP contribution in [0.5, 0.6) is 5.75 Å². The van der Waals surface area contributed by atoms with Crippen molar-refractivity contribution in [1.82, 2.24) is 5.32 Å². The number of hydrogen-bond donors (Lipinski definition) is 1. The predicted octanol–water partition coefficient (Wildman–Crippen LogP) is 3.19. The van der Waals surface area contributed by atoms with Crippen LogP contribution in [0.1, 0.15) is 37.2 Å². The first-order chi connectivity index (χ1) is 8.36. The molecule has 94 valence electrons. The fourth-order valence-corrected chi connectivity index (χ4v) is 3.08. The lowest BCUT2D eigenvalue weighted by molar-refractivity contribution is 0.377. The fourth-order valence-electron chi connectivity index (χ4n) is 3.08. The highest BCUT2D eigenvalue weighted by atomic mass is 16.5. The highest BCUT2D eigenvalue weighted by molar-refractivity contribution is 5.37. The standard InChI is InChI=1S/C15H23NO/c1-16-11-14(12-7-3-4-8-12)13-9-5-6-10-15(13)17-2/h5-6,9-10,12,14,16H,3-4,7-8,11H2,1-2H3. The molecule has 1 aromatic carbocycles. The van der Waals surface area contributed by atoms with E-state index in [0.29, 0.717) is 5.92 Å². The monoisotopic (exact) mass is 233 g/mol. The maximum Gasteiger partial charge on any atom is 0.122 e. The average Bonchev–Trinajstić information content (AvgIpc) is 2.89. The molecule has 0 saturated heterocycles. The highest BCUT2D eigenvalue weighted by Gasteiger charge is 2.27. The number of nitrogens with one attached hydrogen (secondary N) is 1. The molecule has 1 saturated carbocycles. The number of benzene rings is 1. The van der Waals surface area contributed by atoms with Crippen LogP contribution in [0.15, 0.2) is 24.3 Å². The van der Waals surface area contributed by atoms with E-state index < -0.39 is 0 Å². The Morgan fingerprint density at radius 2 is 2.00 bits per heavy atom. The maximum absolute atomic E-state index is 5.50. The summed E-state index contributed by atoms with van der Waals surface area (Å²) in [7, 11) is 3.81. The Bertz CT molecular complexity index is 345. The number of rotatable bonds is 5. The molecule has 0 aliphatic heterocycles. The molecule has 1 aromatic rings. The summed E-state index contributed by atoms with van der Waals surface area (Å²) in [6.07, 6.45) is 5.51. The number of methoxy groups -OCH3 is 1. The lowest BCUT2D eigenvalue weighted by Crippen LogP contribution is -2.23. The van der Waals surface area contributed by atoms with Crippen LogP contribution in [-0.4, -0.2) is 20.7 Å². The number of ether oxygens (including phenoxy) is 1. The molecule has 1 atom stereocenters. The van der Waals surface area contributed by atoms with Gasteiger partial charge < -0.3 is 10.1 Å². The lowest BCUT2D eigenvalue weighted by Gasteiger charge is -2.25. The van der Waals surface area contributed by atoms with Gasteiger partial charge in [0.05, 0.1) is 7.11 Å². The highest BCUT2D eigenvalue weighted by Crippen LogP contribution is 2.39. The van der Waals surface area contributed by atoms with Crippen molar-refractivity contribution in [3.05, 3.63) is 29.8 Å². The smallest absolute Gasteiger partial charge is 0.122 e. The Balaban J connectivity index is 2.24. The maximum atomic E-state index is 5.50. The summed E-state index contributed by atoms with van der Waals surface area (Å²) in [5.41, 5.74) is 1.37. The number of hydrogen-bond acceptors (Lipinski definition) is 2. The molecule has 17 heavy (non-hydrogen) atoms. The summed E-state index contributed by atoms with van der Waals surface area (Å²) in [5.74, 6) is 2.46. The minimum absolute atomic E-state index is 0.596. The van der Waals surface area contributed by atoms with E-state index in [1.54, 1.807) is 7.11 Å². The van der Waals surface area contributed by atoms with Gasteiger partial charge in [-0.05, 0) is 37.4 Å². The van der Waals surface area contributed by atoms with Gasteiger partial charge >= 0.3 is 0 Å². The van der Waals surface area contributed by atoms with Crippen molar-refractivity contribution in [2.24, 2.45) is 5.92 Å². The third-order valence-corrected chi connectivity index (χ3v) is 3.93. The molecule has 1 aliphatic rings. The third-order valence-electron chi connectivity index (χ3n) is 3.93. The predicted molar refractivity (Wildman–Crippen MR) is 71.6 cm³/mol. The largest absolute Gasteiger partial charge is 0.496 e. The van der Waals surface area contributed by atoms with Crippen molar-refractivity contribution in [3.8, 4) is 5.75 Å². The average molecular weight is 233 g/mol. The first kappa shape index (κ1) is 12.4. The molecule has 1 N–H and O–H groups in total. The second kappa shape index (κ2) is 6.06. The van der Waals surface area contributed by atoms with Gasteiger partial charge in [-0.15, -0.1) is 0 Å². The van der Waals surface area contributed by atoms with Crippen LogP contribution in [0.4, 0.5) is 0 Å². The zero-order chi connectivity index (χ0) is 12.1. The second-order valence-electron chi connectivity index (χ2n) is 4.95. The normalized spacial score (nSPS) is 18.2. The van der Waals surface area contributed by atoms with Gasteiger partial charge in [0.15, 0.2) is 0 Å². The van der Waals surface area contributed by atoms with E-state index in [9.17, 15) is 0 Å². The van der Waals surface area contributed by atoms with Crippen molar-refractivity contribution < 1.29 is 4.74 Å². The Morgan fingerprint density at radius 1 is 1.29 bits per heavy atom. The number of likely N-dealkylation sites (N-methyl/N-ethyl adjacent to an activating group) is 1. The molecule has 0 aromatic heterocycles. The second-order valence-corrected chi connectivity index (χ2v) is 4.95. The zero-order valence-electron chi connectivity index (χ0n) is 10.9. The van der Waals surface area contributed by atoms with Crippen LogP contribution in [-0.2, 0) is 0 Å². The van der Waals surface area contributed by atoms with Gasteiger partial charge in [0.1, 0.15) is 5.75 Å². The molecule has 2 nitrogen and oxygen atoms in total. The summed E-state index contributed by atoms with van der Waals surface area (Å²) in [4.78, 5) is 0. The molecule has 2 heteroatoms. The Labute approximate surface area is 104 Å². The summed E-state index contributed by atoms with van der Waals surface area (Å²) in [6, 6.07) is 8.47. The molecule has 0 heterocycles. The molecule has 1 aliphatic carbocycles. The molecular weight excluding hydrogens is 210 g/mol. The fraction of sp³-hybridized carbons (Fsp3) is 0.600. The topological polar surface area (TPSA) is 21.3 Å². The Kier molecular flexibility index (Phi) is 4.43. The van der Waals surface area contributed by atoms with E-state index >= 15 is 0 Å². The quantitative estimate of drug-likeness (QED) is 0.843.